The van der Waals surface area contributed by atoms with Gasteiger partial charge in [0.1, 0.15) is 6.54 Å². The van der Waals surface area contributed by atoms with Crippen LogP contribution in [0, 0.1) is 0 Å². The first-order valence-electron chi connectivity index (χ1n) is 1.72. The van der Waals surface area contributed by atoms with E-state index in [9.17, 15) is 0 Å². The van der Waals surface area contributed by atoms with Gasteiger partial charge in [-0.3, -0.25) is 0 Å². The smallest absolute Gasteiger partial charge is 0.173 e. The van der Waals surface area contributed by atoms with Crippen molar-refractivity contribution in [1.29, 1.82) is 0 Å². The second-order valence-corrected chi connectivity index (χ2v) is 1.25. The van der Waals surface area contributed by atoms with Gasteiger partial charge in [-0.2, -0.15) is 0 Å². The fourth-order valence-electron chi connectivity index (χ4n) is 0.385. The molecule has 1 aromatic rings. The maximum atomic E-state index is 3.61. The monoisotopic (exact) mass is 82.0 g/mol. The van der Waals surface area contributed by atoms with E-state index in [0.29, 0.717) is 0 Å². The molecule has 0 bridgehead atoms. The number of rotatable bonds is 0. The molecule has 1 aromatic heterocycles. The summed E-state index contributed by atoms with van der Waals surface area (Å²) in [5.74, 6) is 0.995. The number of hydrogen-bond donors (Lipinski definition) is 0. The Hall–Kier alpha value is -0.930. The average Bonchev–Trinajstić information content (AvgIpc) is 2.17. The second kappa shape index (κ2) is 0.466. The van der Waals surface area contributed by atoms with Gasteiger partial charge in [0.15, 0.2) is 5.82 Å². The molecule has 6 heavy (non-hydrogen) atoms. The standard InChI is InChI=1S/C2H2N4/c1-2-3-4-5-6(1)2/h1H2. The Morgan fingerprint density at radius 1 is 1.67 bits per heavy atom. The van der Waals surface area contributed by atoms with Gasteiger partial charge in [-0.05, 0) is 10.4 Å². The van der Waals surface area contributed by atoms with Crippen molar-refractivity contribution in [2.24, 2.45) is 0 Å². The lowest BCUT2D eigenvalue weighted by Crippen LogP contribution is -1.78. The summed E-state index contributed by atoms with van der Waals surface area (Å²) >= 11 is 0. The zero-order chi connectivity index (χ0) is 3.98. The Bertz CT molecular complexity index is 149. The summed E-state index contributed by atoms with van der Waals surface area (Å²) in [5.41, 5.74) is 0. The first kappa shape index (κ1) is 2.28. The zero-order valence-corrected chi connectivity index (χ0v) is 3.00. The van der Waals surface area contributed by atoms with Gasteiger partial charge in [-0.15, -0.1) is 5.10 Å². The van der Waals surface area contributed by atoms with Crippen molar-refractivity contribution in [1.82, 2.24) is 20.2 Å². The summed E-state index contributed by atoms with van der Waals surface area (Å²) in [6.45, 7) is 0.906. The predicted octanol–water partition coefficient (Wildman–Crippen LogP) is -0.965. The molecule has 4 heteroatoms. The van der Waals surface area contributed by atoms with E-state index < -0.39 is 0 Å². The van der Waals surface area contributed by atoms with E-state index in [1.807, 2.05) is 0 Å². The topological polar surface area (TPSA) is 43.6 Å². The number of nitrogens with zero attached hydrogens (tertiary/aromatic N) is 4. The normalized spacial score (nSPS) is 14.0. The summed E-state index contributed by atoms with van der Waals surface area (Å²) in [4.78, 5) is 0. The molecule has 4 nitrogen and oxygen atoms in total. The van der Waals surface area contributed by atoms with E-state index in [4.69, 9.17) is 0 Å². The van der Waals surface area contributed by atoms with Crippen LogP contribution in [0.2, 0.25) is 0 Å². The minimum atomic E-state index is 0.906. The van der Waals surface area contributed by atoms with Crippen LogP contribution < -0.4 is 0 Å². The molecule has 0 unspecified atom stereocenters. The van der Waals surface area contributed by atoms with E-state index in [-0.39, 0.29) is 0 Å². The Morgan fingerprint density at radius 3 is 2.83 bits per heavy atom. The summed E-state index contributed by atoms with van der Waals surface area (Å²) < 4.78 is 1.74. The molecular formula is C2H2N4. The summed E-state index contributed by atoms with van der Waals surface area (Å²) in [7, 11) is 0. The fourth-order valence-corrected chi connectivity index (χ4v) is 0.385. The third-order valence-electron chi connectivity index (χ3n) is 0.794. The van der Waals surface area contributed by atoms with Crippen molar-refractivity contribution in [3.05, 3.63) is 5.82 Å². The molecule has 1 aliphatic heterocycles. The van der Waals surface area contributed by atoms with E-state index in [1.54, 1.807) is 4.68 Å². The van der Waals surface area contributed by atoms with Crippen molar-refractivity contribution in [3.63, 3.8) is 0 Å². The Labute approximate surface area is 33.8 Å². The van der Waals surface area contributed by atoms with Crippen molar-refractivity contribution in [3.8, 4) is 0 Å². The summed E-state index contributed by atoms with van der Waals surface area (Å²) in [5, 5.41) is 10.5. The van der Waals surface area contributed by atoms with Crippen LogP contribution in [0.15, 0.2) is 0 Å². The maximum absolute atomic E-state index is 3.61. The molecule has 0 amide bonds. The molecule has 0 aliphatic carbocycles. The van der Waals surface area contributed by atoms with Gasteiger partial charge in [0.25, 0.3) is 0 Å². The molecule has 0 N–H and O–H groups in total. The van der Waals surface area contributed by atoms with E-state index in [2.05, 4.69) is 15.5 Å². The van der Waals surface area contributed by atoms with Gasteiger partial charge in [0.05, 0.1) is 0 Å². The molecule has 1 aliphatic rings. The number of fused-ring (bicyclic) bond motifs is 1. The van der Waals surface area contributed by atoms with Crippen molar-refractivity contribution < 1.29 is 0 Å². The summed E-state index contributed by atoms with van der Waals surface area (Å²) in [6.07, 6.45) is 0. The lowest BCUT2D eigenvalue weighted by molar-refractivity contribution is 0.752. The molecule has 2 rings (SSSR count). The van der Waals surface area contributed by atoms with Gasteiger partial charge in [-0.1, -0.05) is 0 Å². The SMILES string of the molecule is C1c2nnnn21. The van der Waals surface area contributed by atoms with Crippen LogP contribution in [0.25, 0.3) is 0 Å². The van der Waals surface area contributed by atoms with E-state index >= 15 is 0 Å². The molecule has 0 saturated carbocycles. The minimum Gasteiger partial charge on any atom is -0.220 e. The van der Waals surface area contributed by atoms with Crippen LogP contribution in [0.1, 0.15) is 5.82 Å². The zero-order valence-electron chi connectivity index (χ0n) is 3.00. The van der Waals surface area contributed by atoms with E-state index in [1.165, 1.54) is 0 Å². The van der Waals surface area contributed by atoms with Crippen LogP contribution in [0.5, 0.6) is 0 Å². The highest BCUT2D eigenvalue weighted by molar-refractivity contribution is 4.94. The lowest BCUT2D eigenvalue weighted by atomic mass is 10.9. The molecule has 0 spiro atoms. The van der Waals surface area contributed by atoms with Gasteiger partial charge < -0.3 is 0 Å². The minimum absolute atomic E-state index is 0.906. The molecule has 30 valence electrons. The largest absolute Gasteiger partial charge is 0.220 e. The van der Waals surface area contributed by atoms with Crippen molar-refractivity contribution in [2.75, 3.05) is 0 Å². The highest BCUT2D eigenvalue weighted by atomic mass is 15.6. The number of aromatic nitrogens is 4. The van der Waals surface area contributed by atoms with Crippen LogP contribution in [-0.2, 0) is 6.54 Å². The van der Waals surface area contributed by atoms with Crippen molar-refractivity contribution >= 4 is 0 Å². The highest BCUT2D eigenvalue weighted by Gasteiger charge is 2.18. The maximum Gasteiger partial charge on any atom is 0.173 e. The first-order valence-corrected chi connectivity index (χ1v) is 1.72. The molecule has 0 radical (unpaired) electrons. The molecule has 0 atom stereocenters. The summed E-state index contributed by atoms with van der Waals surface area (Å²) in [6, 6.07) is 0. The predicted molar refractivity (Wildman–Crippen MR) is 16.9 cm³/mol. The Balaban J connectivity index is 2.88. The third-order valence-corrected chi connectivity index (χ3v) is 0.794. The Kier molecular flexibility index (Phi) is 0.177. The second-order valence-electron chi connectivity index (χ2n) is 1.25. The molecule has 0 fully saturated rings. The number of hydrogen-bond acceptors (Lipinski definition) is 3. The molecular weight excluding hydrogens is 80.0 g/mol. The van der Waals surface area contributed by atoms with Gasteiger partial charge in [0, 0.05) is 0 Å². The number of tetrazole rings is 1. The quantitative estimate of drug-likeness (QED) is 0.411. The van der Waals surface area contributed by atoms with Crippen LogP contribution in [0.3, 0.4) is 0 Å². The highest BCUT2D eigenvalue weighted by Crippen LogP contribution is 2.06. The molecule has 2 heterocycles. The molecule has 0 aromatic carbocycles. The Morgan fingerprint density at radius 2 is 2.67 bits per heavy atom. The third kappa shape index (κ3) is 0.107. The average molecular weight is 82.1 g/mol. The van der Waals surface area contributed by atoms with Crippen LogP contribution >= 0.6 is 0 Å². The van der Waals surface area contributed by atoms with E-state index in [0.717, 1.165) is 12.4 Å². The van der Waals surface area contributed by atoms with Crippen molar-refractivity contribution in [2.45, 2.75) is 6.54 Å². The lowest BCUT2D eigenvalue weighted by Gasteiger charge is -1.57. The van der Waals surface area contributed by atoms with Gasteiger partial charge >= 0.3 is 0 Å². The van der Waals surface area contributed by atoms with Gasteiger partial charge in [0.2, 0.25) is 0 Å². The van der Waals surface area contributed by atoms with Crippen LogP contribution in [0.4, 0.5) is 0 Å². The van der Waals surface area contributed by atoms with Gasteiger partial charge in [-0.25, -0.2) is 4.68 Å². The fraction of sp³-hybridized carbons (Fsp3) is 0.500. The molecule has 0 saturated heterocycles. The van der Waals surface area contributed by atoms with Crippen LogP contribution in [-0.4, -0.2) is 20.2 Å². The first-order chi connectivity index (χ1) is 2.97.